The highest BCUT2D eigenvalue weighted by Gasteiger charge is 2.21. The number of hydrogen-bond donors (Lipinski definition) is 2. The molecule has 13 heteroatoms. The third-order valence-electron chi connectivity index (χ3n) is 4.10. The van der Waals surface area contributed by atoms with Gasteiger partial charge in [-0.3, -0.25) is 15.5 Å². The fraction of sp³-hybridized carbons (Fsp3) is 0.0500. The summed E-state index contributed by atoms with van der Waals surface area (Å²) in [6.45, 7) is 0. The maximum Gasteiger partial charge on any atom is 0.356 e. The van der Waals surface area contributed by atoms with Crippen molar-refractivity contribution in [2.75, 3.05) is 12.5 Å². The Hall–Kier alpha value is -3.60. The number of hydrazone groups is 1. The Kier molecular flexibility index (Phi) is 7.54. The van der Waals surface area contributed by atoms with Crippen LogP contribution < -0.4 is 14.9 Å². The van der Waals surface area contributed by atoms with Crippen LogP contribution in [0.4, 0.5) is 11.4 Å². The summed E-state index contributed by atoms with van der Waals surface area (Å²) in [6, 6.07) is 10.7. The molecule has 10 nitrogen and oxygen atoms in total. The molecule has 0 bridgehead atoms. The normalized spacial score (nSPS) is 10.8. The number of nitrogens with one attached hydrogen (secondary N) is 1. The van der Waals surface area contributed by atoms with Gasteiger partial charge in [-0.2, -0.15) is 5.10 Å². The van der Waals surface area contributed by atoms with E-state index < -0.39 is 16.6 Å². The molecule has 3 aromatic rings. The number of rotatable bonds is 8. The zero-order chi connectivity index (χ0) is 24.1. The van der Waals surface area contributed by atoms with Crippen molar-refractivity contribution in [3.05, 3.63) is 79.0 Å². The van der Waals surface area contributed by atoms with Crippen LogP contribution >= 0.6 is 34.8 Å². The monoisotopic (exact) mass is 510 g/mol. The van der Waals surface area contributed by atoms with Gasteiger partial charge in [-0.25, -0.2) is 9.78 Å². The topological polar surface area (TPSA) is 136 Å². The van der Waals surface area contributed by atoms with Crippen LogP contribution in [0.5, 0.6) is 17.2 Å². The van der Waals surface area contributed by atoms with E-state index in [1.54, 1.807) is 24.3 Å². The molecular weight excluding hydrogens is 499 g/mol. The van der Waals surface area contributed by atoms with Crippen LogP contribution in [0.1, 0.15) is 16.1 Å². The number of aromatic nitrogens is 1. The minimum absolute atomic E-state index is 0.0216. The number of anilines is 1. The molecule has 0 atom stereocenters. The third-order valence-corrected chi connectivity index (χ3v) is 5.20. The van der Waals surface area contributed by atoms with Crippen LogP contribution in [0.25, 0.3) is 0 Å². The molecule has 1 heterocycles. The van der Waals surface area contributed by atoms with Gasteiger partial charge in [0.15, 0.2) is 10.8 Å². The lowest BCUT2D eigenvalue weighted by atomic mass is 10.2. The maximum atomic E-state index is 11.5. The van der Waals surface area contributed by atoms with E-state index in [0.29, 0.717) is 17.1 Å². The second-order valence-corrected chi connectivity index (χ2v) is 7.31. The fourth-order valence-electron chi connectivity index (χ4n) is 2.54. The van der Waals surface area contributed by atoms with Crippen molar-refractivity contribution in [1.82, 2.24) is 4.98 Å². The van der Waals surface area contributed by atoms with E-state index >= 15 is 0 Å². The number of halogens is 3. The first-order chi connectivity index (χ1) is 15.7. The van der Waals surface area contributed by atoms with Crippen molar-refractivity contribution in [2.24, 2.45) is 5.10 Å². The lowest BCUT2D eigenvalue weighted by molar-refractivity contribution is -0.385. The minimum atomic E-state index is -1.41. The number of ether oxygens (including phenoxy) is 2. The number of nitro groups is 1. The van der Waals surface area contributed by atoms with Crippen LogP contribution in [0, 0.1) is 10.1 Å². The van der Waals surface area contributed by atoms with E-state index in [9.17, 15) is 14.9 Å². The first kappa shape index (κ1) is 24.1. The maximum absolute atomic E-state index is 11.5. The number of benzene rings is 2. The van der Waals surface area contributed by atoms with Crippen LogP contribution in [0.3, 0.4) is 0 Å². The van der Waals surface area contributed by atoms with Crippen molar-refractivity contribution in [1.29, 1.82) is 0 Å². The Morgan fingerprint density at radius 2 is 1.82 bits per heavy atom. The minimum Gasteiger partial charge on any atom is -0.497 e. The highest BCUT2D eigenvalue weighted by Crippen LogP contribution is 2.37. The van der Waals surface area contributed by atoms with Crippen LogP contribution in [0.2, 0.25) is 15.2 Å². The summed E-state index contributed by atoms with van der Waals surface area (Å²) >= 11 is 17.9. The molecule has 0 aliphatic heterocycles. The molecule has 0 fully saturated rings. The molecule has 3 rings (SSSR count). The smallest absolute Gasteiger partial charge is 0.356 e. The molecule has 0 saturated carbocycles. The van der Waals surface area contributed by atoms with Crippen molar-refractivity contribution < 1.29 is 24.3 Å². The number of carbonyl (C=O) groups is 1. The van der Waals surface area contributed by atoms with Gasteiger partial charge < -0.3 is 14.6 Å². The summed E-state index contributed by atoms with van der Waals surface area (Å²) in [5.41, 5.74) is 1.92. The molecule has 0 aliphatic carbocycles. The van der Waals surface area contributed by atoms with Crippen LogP contribution in [-0.4, -0.2) is 34.3 Å². The molecule has 0 unspecified atom stereocenters. The van der Waals surface area contributed by atoms with E-state index in [1.165, 1.54) is 31.5 Å². The highest BCUT2D eigenvalue weighted by molar-refractivity contribution is 6.46. The largest absolute Gasteiger partial charge is 0.497 e. The van der Waals surface area contributed by atoms with Gasteiger partial charge in [0.2, 0.25) is 5.75 Å². The number of hydrogen-bond acceptors (Lipinski definition) is 8. The number of pyridine rings is 1. The van der Waals surface area contributed by atoms with Gasteiger partial charge in [-0.15, -0.1) is 0 Å². The summed E-state index contributed by atoms with van der Waals surface area (Å²) in [5.74, 6) is -0.390. The van der Waals surface area contributed by atoms with E-state index in [2.05, 4.69) is 15.5 Å². The zero-order valence-electron chi connectivity index (χ0n) is 16.6. The van der Waals surface area contributed by atoms with Gasteiger partial charge in [-0.1, -0.05) is 34.8 Å². The van der Waals surface area contributed by atoms with Gasteiger partial charge in [0.1, 0.15) is 21.5 Å². The predicted molar refractivity (Wildman–Crippen MR) is 124 cm³/mol. The number of nitro benzene ring substituents is 1. The summed E-state index contributed by atoms with van der Waals surface area (Å²) in [5, 5.41) is 23.9. The van der Waals surface area contributed by atoms with E-state index in [1.807, 2.05) is 0 Å². The van der Waals surface area contributed by atoms with E-state index in [4.69, 9.17) is 49.4 Å². The average Bonchev–Trinajstić information content (AvgIpc) is 2.79. The molecule has 0 radical (unpaired) electrons. The molecule has 0 spiro atoms. The van der Waals surface area contributed by atoms with Gasteiger partial charge in [0, 0.05) is 11.6 Å². The summed E-state index contributed by atoms with van der Waals surface area (Å²) in [6.07, 6.45) is 1.24. The summed E-state index contributed by atoms with van der Waals surface area (Å²) in [7, 11) is 1.52. The van der Waals surface area contributed by atoms with E-state index in [0.717, 1.165) is 0 Å². The molecular formula is C20H13Cl3N4O6. The number of nitrogens with zero attached hydrogens (tertiary/aromatic N) is 3. The van der Waals surface area contributed by atoms with Crippen molar-refractivity contribution >= 4 is 58.4 Å². The Bertz CT molecular complexity index is 1250. The lowest BCUT2D eigenvalue weighted by Gasteiger charge is -2.09. The van der Waals surface area contributed by atoms with Gasteiger partial charge >= 0.3 is 11.7 Å². The van der Waals surface area contributed by atoms with E-state index in [-0.39, 0.29) is 32.3 Å². The molecule has 0 amide bonds. The van der Waals surface area contributed by atoms with Gasteiger partial charge in [-0.05, 0) is 36.4 Å². The SMILES string of the molecule is COc1ccc(Oc2ccc(C=NNc3c(Cl)c(Cl)nc(C(=O)O)c3Cl)cc2[N+](=O)[O-])cc1. The number of carboxylic acids is 1. The first-order valence-corrected chi connectivity index (χ1v) is 10.0. The second kappa shape index (κ2) is 10.3. The van der Waals surface area contributed by atoms with Crippen LogP contribution in [-0.2, 0) is 0 Å². The molecule has 0 aliphatic rings. The molecule has 0 saturated heterocycles. The standard InChI is InChI=1S/C20H13Cl3N4O6/c1-32-11-3-5-12(6-4-11)33-14-7-2-10(8-13(14)27(30)31)9-24-26-17-15(21)18(20(28)29)25-19(23)16(17)22/h2-9H,1H3,(H,25,26)(H,28,29). The molecule has 2 N–H and O–H groups in total. The quantitative estimate of drug-likeness (QED) is 0.165. The second-order valence-electron chi connectivity index (χ2n) is 6.19. The van der Waals surface area contributed by atoms with Crippen LogP contribution in [0.15, 0.2) is 47.6 Å². The Balaban J connectivity index is 1.84. The van der Waals surface area contributed by atoms with Gasteiger partial charge in [0.25, 0.3) is 0 Å². The summed E-state index contributed by atoms with van der Waals surface area (Å²) in [4.78, 5) is 25.8. The molecule has 2 aromatic carbocycles. The number of carboxylic acid groups (broad SMARTS) is 1. The van der Waals surface area contributed by atoms with Crippen molar-refractivity contribution in [2.45, 2.75) is 0 Å². The lowest BCUT2D eigenvalue weighted by Crippen LogP contribution is -2.05. The third kappa shape index (κ3) is 5.61. The molecule has 33 heavy (non-hydrogen) atoms. The van der Waals surface area contributed by atoms with Gasteiger partial charge in [0.05, 0.1) is 23.9 Å². The molecule has 170 valence electrons. The zero-order valence-corrected chi connectivity index (χ0v) is 18.9. The fourth-order valence-corrected chi connectivity index (χ4v) is 3.21. The number of methoxy groups -OCH3 is 1. The molecule has 1 aromatic heterocycles. The van der Waals surface area contributed by atoms with Crippen molar-refractivity contribution in [3.63, 3.8) is 0 Å². The Morgan fingerprint density at radius 3 is 2.42 bits per heavy atom. The predicted octanol–water partition coefficient (Wildman–Crippen LogP) is 5.90. The Labute approximate surface area is 201 Å². The number of aromatic carboxylic acids is 1. The highest BCUT2D eigenvalue weighted by atomic mass is 35.5. The average molecular weight is 512 g/mol. The first-order valence-electron chi connectivity index (χ1n) is 8.88. The Morgan fingerprint density at radius 1 is 1.15 bits per heavy atom. The van der Waals surface area contributed by atoms with Crippen molar-refractivity contribution in [3.8, 4) is 17.2 Å². The summed E-state index contributed by atoms with van der Waals surface area (Å²) < 4.78 is 10.7.